The zero-order valence-electron chi connectivity index (χ0n) is 27.5. The van der Waals surface area contributed by atoms with Crippen LogP contribution in [0.4, 0.5) is 36.1 Å². The van der Waals surface area contributed by atoms with E-state index in [1.54, 1.807) is 42.3 Å². The number of rotatable bonds is 6. The summed E-state index contributed by atoms with van der Waals surface area (Å²) in [5, 5.41) is 0.385. The monoisotopic (exact) mass is 696 g/mol. The van der Waals surface area contributed by atoms with Gasteiger partial charge in [-0.25, -0.2) is 4.98 Å². The Hall–Kier alpha value is -4.62. The number of likely N-dealkylation sites (N-methyl/N-ethyl adjacent to an activating group) is 2. The van der Waals surface area contributed by atoms with Gasteiger partial charge in [0.05, 0.1) is 34.2 Å². The van der Waals surface area contributed by atoms with E-state index in [0.717, 1.165) is 22.6 Å². The van der Waals surface area contributed by atoms with Crippen LogP contribution in [0.3, 0.4) is 0 Å². The first-order valence-corrected chi connectivity index (χ1v) is 16.2. The first kappa shape index (κ1) is 34.3. The molecule has 0 aliphatic carbocycles. The Kier molecular flexibility index (Phi) is 9.34. The van der Waals surface area contributed by atoms with Crippen molar-refractivity contribution in [3.63, 3.8) is 0 Å². The third kappa shape index (κ3) is 6.82. The van der Waals surface area contributed by atoms with Crippen LogP contribution >= 0.6 is 11.6 Å². The molecule has 1 aromatic heterocycles. The Morgan fingerprint density at radius 1 is 1.12 bits per heavy atom. The third-order valence-electron chi connectivity index (χ3n) is 8.88. The van der Waals surface area contributed by atoms with Gasteiger partial charge in [-0.15, -0.1) is 0 Å². The summed E-state index contributed by atoms with van der Waals surface area (Å²) in [6.07, 6.45) is -1.40. The van der Waals surface area contributed by atoms with Crippen molar-refractivity contribution in [2.45, 2.75) is 32.1 Å². The molecule has 14 heteroatoms. The number of hydrogen-bond donors (Lipinski definition) is 0. The highest BCUT2D eigenvalue weighted by Crippen LogP contribution is 2.44. The zero-order chi connectivity index (χ0) is 35.2. The van der Waals surface area contributed by atoms with Gasteiger partial charge in [0.2, 0.25) is 11.8 Å². The minimum absolute atomic E-state index is 0.0728. The number of benzene rings is 2. The lowest BCUT2D eigenvalue weighted by Crippen LogP contribution is -2.52. The molecule has 6 rings (SSSR count). The standard InChI is InChI=1S/C35H36ClF3N6O4/c1-21-15-24(35(37,38)39)18-29(40-21)45-31(47)17-23-20-43(33-25(36)7-5-8-26(33)42(4)34(48)32(23)45)19-22-10-11-28-27(16-22)44(13-14-49-28)30(46)9-6-12-41(2)3/h5-11,15-16,18,23,32H,12-14,17,19-20H2,1-4H3/b9-6+/t23-,32+/m1/s1. The van der Waals surface area contributed by atoms with Gasteiger partial charge >= 0.3 is 6.18 Å². The van der Waals surface area contributed by atoms with Crippen molar-refractivity contribution in [3.8, 4) is 5.75 Å². The number of fused-ring (bicyclic) bond motifs is 3. The fraction of sp³-hybridized carbons (Fsp3) is 0.371. The maximum Gasteiger partial charge on any atom is 0.416 e. The minimum atomic E-state index is -4.67. The van der Waals surface area contributed by atoms with Crippen LogP contribution in [0.2, 0.25) is 5.02 Å². The Morgan fingerprint density at radius 3 is 2.63 bits per heavy atom. The fourth-order valence-corrected chi connectivity index (χ4v) is 6.96. The molecule has 0 N–H and O–H groups in total. The Bertz CT molecular complexity index is 1830. The van der Waals surface area contributed by atoms with Crippen LogP contribution in [0, 0.1) is 12.8 Å². The number of alkyl halides is 3. The lowest BCUT2D eigenvalue weighted by atomic mass is 9.95. The van der Waals surface area contributed by atoms with Gasteiger partial charge in [-0.2, -0.15) is 13.2 Å². The van der Waals surface area contributed by atoms with Crippen molar-refractivity contribution in [3.05, 3.63) is 82.5 Å². The van der Waals surface area contributed by atoms with E-state index in [9.17, 15) is 27.6 Å². The maximum atomic E-state index is 14.1. The summed E-state index contributed by atoms with van der Waals surface area (Å²) in [6.45, 7) is 3.22. The number of aromatic nitrogens is 1. The van der Waals surface area contributed by atoms with Gasteiger partial charge in [-0.1, -0.05) is 29.8 Å². The number of carbonyl (C=O) groups excluding carboxylic acids is 3. The van der Waals surface area contributed by atoms with E-state index in [0.29, 0.717) is 47.5 Å². The second-order valence-corrected chi connectivity index (χ2v) is 13.1. The molecular formula is C35H36ClF3N6O4. The molecule has 258 valence electrons. The summed E-state index contributed by atoms with van der Waals surface area (Å²) in [4.78, 5) is 53.3. The quantitative estimate of drug-likeness (QED) is 0.323. The normalized spacial score (nSPS) is 19.5. The molecule has 10 nitrogen and oxygen atoms in total. The van der Waals surface area contributed by atoms with Gasteiger partial charge < -0.3 is 24.3 Å². The van der Waals surface area contributed by atoms with Crippen molar-refractivity contribution in [2.24, 2.45) is 5.92 Å². The highest BCUT2D eigenvalue weighted by molar-refractivity contribution is 6.34. The topological polar surface area (TPSA) is 89.5 Å². The van der Waals surface area contributed by atoms with Gasteiger partial charge in [0.15, 0.2) is 0 Å². The number of carbonyl (C=O) groups is 3. The molecule has 3 aliphatic rings. The third-order valence-corrected chi connectivity index (χ3v) is 9.19. The molecule has 2 aromatic carbocycles. The van der Waals surface area contributed by atoms with Gasteiger partial charge in [0.1, 0.15) is 24.2 Å². The molecule has 3 amide bonds. The molecule has 0 radical (unpaired) electrons. The summed E-state index contributed by atoms with van der Waals surface area (Å²) >= 11 is 6.81. The minimum Gasteiger partial charge on any atom is -0.490 e. The number of ether oxygens (including phenoxy) is 1. The number of amides is 3. The summed E-state index contributed by atoms with van der Waals surface area (Å²) < 4.78 is 47.2. The lowest BCUT2D eigenvalue weighted by Gasteiger charge is -2.39. The molecule has 4 heterocycles. The van der Waals surface area contributed by atoms with Crippen molar-refractivity contribution in [2.75, 3.05) is 67.0 Å². The van der Waals surface area contributed by atoms with Gasteiger partial charge in [0, 0.05) is 50.8 Å². The van der Waals surface area contributed by atoms with Crippen LogP contribution in [0.5, 0.6) is 5.75 Å². The molecule has 0 saturated carbocycles. The van der Waals surface area contributed by atoms with Crippen LogP contribution in [-0.2, 0) is 27.1 Å². The lowest BCUT2D eigenvalue weighted by molar-refractivity contribution is -0.137. The molecule has 0 unspecified atom stereocenters. The van der Waals surface area contributed by atoms with Gasteiger partial charge in [-0.05, 0) is 63.0 Å². The summed E-state index contributed by atoms with van der Waals surface area (Å²) in [7, 11) is 5.39. The van der Waals surface area contributed by atoms with E-state index in [1.807, 2.05) is 42.1 Å². The Labute approximate surface area is 287 Å². The number of halogens is 4. The van der Waals surface area contributed by atoms with Crippen molar-refractivity contribution in [1.29, 1.82) is 0 Å². The molecule has 0 bridgehead atoms. The number of para-hydroxylation sites is 1. The van der Waals surface area contributed by atoms with Crippen molar-refractivity contribution in [1.82, 2.24) is 9.88 Å². The predicted octanol–water partition coefficient (Wildman–Crippen LogP) is 5.31. The molecule has 49 heavy (non-hydrogen) atoms. The smallest absolute Gasteiger partial charge is 0.416 e. The van der Waals surface area contributed by atoms with Gasteiger partial charge in [0.25, 0.3) is 5.91 Å². The van der Waals surface area contributed by atoms with E-state index >= 15 is 0 Å². The van der Waals surface area contributed by atoms with E-state index in [2.05, 4.69) is 4.98 Å². The molecule has 1 saturated heterocycles. The van der Waals surface area contributed by atoms with Crippen LogP contribution in [-0.4, -0.2) is 81.0 Å². The summed E-state index contributed by atoms with van der Waals surface area (Å²) in [6, 6.07) is 11.4. The van der Waals surface area contributed by atoms with Gasteiger partial charge in [-0.3, -0.25) is 19.3 Å². The van der Waals surface area contributed by atoms with E-state index in [1.165, 1.54) is 11.8 Å². The second kappa shape index (κ2) is 13.4. The molecule has 3 aromatic rings. The Morgan fingerprint density at radius 2 is 1.90 bits per heavy atom. The SMILES string of the molecule is Cc1cc(C(F)(F)F)cc(N2C(=O)C[C@@H]3CN(Cc4ccc5c(c4)N(C(=O)/C=C/CN(C)C)CCO5)c4c(Cl)cccc4N(C)C(=O)[C@H]32)n1. The second-order valence-electron chi connectivity index (χ2n) is 12.7. The number of hydrogen-bond acceptors (Lipinski definition) is 7. The number of nitrogens with zero attached hydrogens (tertiary/aromatic N) is 6. The zero-order valence-corrected chi connectivity index (χ0v) is 28.3. The van der Waals surface area contributed by atoms with E-state index in [-0.39, 0.29) is 36.9 Å². The first-order chi connectivity index (χ1) is 23.2. The highest BCUT2D eigenvalue weighted by atomic mass is 35.5. The molecule has 0 spiro atoms. The van der Waals surface area contributed by atoms with E-state index in [4.69, 9.17) is 16.3 Å². The summed E-state index contributed by atoms with van der Waals surface area (Å²) in [5.41, 5.74) is 1.61. The largest absolute Gasteiger partial charge is 0.490 e. The molecule has 3 aliphatic heterocycles. The van der Waals surface area contributed by atoms with Crippen LogP contribution in [0.15, 0.2) is 60.7 Å². The molecule has 1 fully saturated rings. The molecular weight excluding hydrogens is 661 g/mol. The molecule has 2 atom stereocenters. The maximum absolute atomic E-state index is 14.1. The van der Waals surface area contributed by atoms with Crippen LogP contribution in [0.25, 0.3) is 0 Å². The number of anilines is 4. The van der Waals surface area contributed by atoms with Crippen molar-refractivity contribution < 1.29 is 32.3 Å². The van der Waals surface area contributed by atoms with Crippen molar-refractivity contribution >= 4 is 52.2 Å². The average Bonchev–Trinajstić information content (AvgIpc) is 3.36. The summed E-state index contributed by atoms with van der Waals surface area (Å²) in [5.74, 6) is -1.38. The highest BCUT2D eigenvalue weighted by Gasteiger charge is 2.49. The number of pyridine rings is 1. The van der Waals surface area contributed by atoms with E-state index < -0.39 is 35.5 Å². The first-order valence-electron chi connectivity index (χ1n) is 15.8. The number of aryl methyl sites for hydroxylation is 1. The van der Waals surface area contributed by atoms with Crippen LogP contribution < -0.4 is 24.3 Å². The van der Waals surface area contributed by atoms with Crippen LogP contribution in [0.1, 0.15) is 23.2 Å². The fourth-order valence-electron chi connectivity index (χ4n) is 6.67. The predicted molar refractivity (Wildman–Crippen MR) is 181 cm³/mol. The Balaban J connectivity index is 1.38. The average molecular weight is 697 g/mol.